The molecule has 2 rings (SSSR count). The number of nitrogens with zero attached hydrogens (tertiary/aromatic N) is 2. The van der Waals surface area contributed by atoms with Gasteiger partial charge in [0, 0.05) is 24.9 Å². The van der Waals surface area contributed by atoms with E-state index in [-0.39, 0.29) is 6.10 Å². The van der Waals surface area contributed by atoms with Crippen LogP contribution in [-0.4, -0.2) is 27.6 Å². The molecule has 1 saturated carbocycles. The van der Waals surface area contributed by atoms with Crippen LogP contribution < -0.4 is 0 Å². The molecular weight excluding hydrogens is 252 g/mol. The van der Waals surface area contributed by atoms with Gasteiger partial charge < -0.3 is 9.84 Å². The lowest BCUT2D eigenvalue weighted by Gasteiger charge is -2.32. The van der Waals surface area contributed by atoms with Crippen LogP contribution >= 0.6 is 0 Å². The molecule has 0 radical (unpaired) electrons. The summed E-state index contributed by atoms with van der Waals surface area (Å²) in [7, 11) is 0. The second-order valence-corrected chi connectivity index (χ2v) is 5.80. The minimum absolute atomic E-state index is 0.0837. The molecule has 1 aromatic rings. The average Bonchev–Trinajstić information content (AvgIpc) is 2.94. The molecule has 1 fully saturated rings. The zero-order valence-electron chi connectivity index (χ0n) is 12.8. The van der Waals surface area contributed by atoms with Crippen molar-refractivity contribution in [2.75, 3.05) is 6.61 Å². The van der Waals surface area contributed by atoms with Gasteiger partial charge in [0.25, 0.3) is 0 Å². The van der Waals surface area contributed by atoms with Gasteiger partial charge in [-0.1, -0.05) is 26.2 Å². The zero-order valence-corrected chi connectivity index (χ0v) is 12.8. The maximum absolute atomic E-state index is 10.7. The van der Waals surface area contributed by atoms with Crippen LogP contribution in [0.4, 0.5) is 0 Å². The average molecular weight is 280 g/mol. The molecular formula is C16H28N2O2. The lowest BCUT2D eigenvalue weighted by molar-refractivity contribution is -0.0739. The highest BCUT2D eigenvalue weighted by Crippen LogP contribution is 2.34. The van der Waals surface area contributed by atoms with Gasteiger partial charge in [-0.15, -0.1) is 0 Å². The summed E-state index contributed by atoms with van der Waals surface area (Å²) in [5.41, 5.74) is 0.891. The number of aromatic nitrogens is 2. The predicted octanol–water partition coefficient (Wildman–Crippen LogP) is 3.31. The number of aliphatic hydroxyl groups is 1. The topological polar surface area (TPSA) is 47.3 Å². The van der Waals surface area contributed by atoms with Crippen molar-refractivity contribution >= 4 is 0 Å². The van der Waals surface area contributed by atoms with Crippen molar-refractivity contribution in [2.24, 2.45) is 5.92 Å². The van der Waals surface area contributed by atoms with Crippen molar-refractivity contribution < 1.29 is 9.84 Å². The monoisotopic (exact) mass is 280 g/mol. The van der Waals surface area contributed by atoms with Gasteiger partial charge in [0.2, 0.25) is 0 Å². The van der Waals surface area contributed by atoms with E-state index < -0.39 is 6.10 Å². The van der Waals surface area contributed by atoms with E-state index in [1.165, 1.54) is 32.1 Å². The Bertz CT molecular complexity index is 386. The Labute approximate surface area is 122 Å². The number of rotatable bonds is 7. The van der Waals surface area contributed by atoms with Crippen LogP contribution in [0.15, 0.2) is 12.4 Å². The van der Waals surface area contributed by atoms with E-state index in [0.29, 0.717) is 12.5 Å². The van der Waals surface area contributed by atoms with E-state index in [4.69, 9.17) is 4.74 Å². The smallest absolute Gasteiger partial charge is 0.108 e. The molecule has 0 spiro atoms. The third-order valence-electron chi connectivity index (χ3n) is 4.23. The van der Waals surface area contributed by atoms with Crippen LogP contribution in [0.3, 0.4) is 0 Å². The van der Waals surface area contributed by atoms with Crippen molar-refractivity contribution in [2.45, 2.75) is 71.1 Å². The van der Waals surface area contributed by atoms with Crippen molar-refractivity contribution in [3.05, 3.63) is 18.0 Å². The summed E-state index contributed by atoms with van der Waals surface area (Å²) < 4.78 is 7.79. The van der Waals surface area contributed by atoms with E-state index in [9.17, 15) is 5.11 Å². The van der Waals surface area contributed by atoms with Crippen LogP contribution in [0.2, 0.25) is 0 Å². The Kier molecular flexibility index (Phi) is 6.05. The number of hydrogen-bond donors (Lipinski definition) is 1. The third kappa shape index (κ3) is 3.83. The van der Waals surface area contributed by atoms with Gasteiger partial charge in [-0.25, -0.2) is 0 Å². The second-order valence-electron chi connectivity index (χ2n) is 5.80. The SMILES string of the molecule is CCCn1cc(C(O)C(OCC)C2CCCCC2)cn1. The highest BCUT2D eigenvalue weighted by Gasteiger charge is 2.31. The molecule has 0 bridgehead atoms. The maximum Gasteiger partial charge on any atom is 0.108 e. The molecule has 0 aliphatic heterocycles. The molecule has 1 aromatic heterocycles. The standard InChI is InChI=1S/C16H28N2O2/c1-3-10-18-12-14(11-17-18)15(19)16(20-4-2)13-8-6-5-7-9-13/h11-13,15-16,19H,3-10H2,1-2H3. The molecule has 1 aliphatic carbocycles. The highest BCUT2D eigenvalue weighted by atomic mass is 16.5. The maximum atomic E-state index is 10.7. The first-order valence-corrected chi connectivity index (χ1v) is 8.08. The minimum Gasteiger partial charge on any atom is -0.386 e. The molecule has 0 saturated heterocycles. The van der Waals surface area contributed by atoms with Crippen molar-refractivity contribution in [3.8, 4) is 0 Å². The van der Waals surface area contributed by atoms with Crippen LogP contribution in [0.1, 0.15) is 64.0 Å². The predicted molar refractivity (Wildman–Crippen MR) is 79.5 cm³/mol. The highest BCUT2D eigenvalue weighted by molar-refractivity contribution is 5.10. The van der Waals surface area contributed by atoms with Crippen molar-refractivity contribution in [3.63, 3.8) is 0 Å². The van der Waals surface area contributed by atoms with E-state index in [0.717, 1.165) is 18.5 Å². The van der Waals surface area contributed by atoms with Gasteiger partial charge in [0.15, 0.2) is 0 Å². The molecule has 2 unspecified atom stereocenters. The fourth-order valence-electron chi connectivity index (χ4n) is 3.21. The first-order valence-electron chi connectivity index (χ1n) is 8.08. The minimum atomic E-state index is -0.552. The Hall–Kier alpha value is -0.870. The van der Waals surface area contributed by atoms with E-state index in [2.05, 4.69) is 12.0 Å². The molecule has 1 N–H and O–H groups in total. The zero-order chi connectivity index (χ0) is 14.4. The van der Waals surface area contributed by atoms with E-state index in [1.54, 1.807) is 6.20 Å². The molecule has 0 amide bonds. The van der Waals surface area contributed by atoms with Crippen molar-refractivity contribution in [1.29, 1.82) is 0 Å². The number of hydrogen-bond acceptors (Lipinski definition) is 3. The number of aryl methyl sites for hydroxylation is 1. The molecule has 114 valence electrons. The van der Waals surface area contributed by atoms with Crippen LogP contribution in [-0.2, 0) is 11.3 Å². The van der Waals surface area contributed by atoms with Gasteiger partial charge in [0.05, 0.1) is 12.3 Å². The summed E-state index contributed by atoms with van der Waals surface area (Å²) in [5, 5.41) is 15.0. The Morgan fingerprint density at radius 3 is 2.75 bits per heavy atom. The lowest BCUT2D eigenvalue weighted by Crippen LogP contribution is -2.32. The summed E-state index contributed by atoms with van der Waals surface area (Å²) in [4.78, 5) is 0. The molecule has 2 atom stereocenters. The van der Waals surface area contributed by atoms with Gasteiger partial charge in [0.1, 0.15) is 6.10 Å². The fourth-order valence-corrected chi connectivity index (χ4v) is 3.21. The quantitative estimate of drug-likeness (QED) is 0.833. The molecule has 4 heteroatoms. The van der Waals surface area contributed by atoms with Gasteiger partial charge in [-0.2, -0.15) is 5.10 Å². The van der Waals surface area contributed by atoms with Crippen LogP contribution in [0.5, 0.6) is 0 Å². The fraction of sp³-hybridized carbons (Fsp3) is 0.812. The molecule has 0 aromatic carbocycles. The first-order chi connectivity index (χ1) is 9.76. The number of ether oxygens (including phenoxy) is 1. The number of aliphatic hydroxyl groups excluding tert-OH is 1. The summed E-state index contributed by atoms with van der Waals surface area (Å²) >= 11 is 0. The van der Waals surface area contributed by atoms with E-state index in [1.807, 2.05) is 17.8 Å². The second kappa shape index (κ2) is 7.79. The summed E-state index contributed by atoms with van der Waals surface area (Å²) in [5.74, 6) is 0.480. The first kappa shape index (κ1) is 15.5. The van der Waals surface area contributed by atoms with Crippen molar-refractivity contribution in [1.82, 2.24) is 9.78 Å². The summed E-state index contributed by atoms with van der Waals surface area (Å²) in [6.07, 6.45) is 10.3. The lowest BCUT2D eigenvalue weighted by atomic mass is 9.82. The largest absolute Gasteiger partial charge is 0.386 e. The van der Waals surface area contributed by atoms with Gasteiger partial charge in [-0.05, 0) is 32.1 Å². The van der Waals surface area contributed by atoms with Gasteiger partial charge >= 0.3 is 0 Å². The van der Waals surface area contributed by atoms with Crippen LogP contribution in [0, 0.1) is 5.92 Å². The Balaban J connectivity index is 2.05. The third-order valence-corrected chi connectivity index (χ3v) is 4.23. The molecule has 4 nitrogen and oxygen atoms in total. The summed E-state index contributed by atoms with van der Waals surface area (Å²) in [6, 6.07) is 0. The molecule has 1 heterocycles. The van der Waals surface area contributed by atoms with Gasteiger partial charge in [-0.3, -0.25) is 4.68 Å². The normalized spacial score (nSPS) is 19.9. The molecule has 20 heavy (non-hydrogen) atoms. The summed E-state index contributed by atoms with van der Waals surface area (Å²) in [6.45, 7) is 5.68. The van der Waals surface area contributed by atoms with Crippen LogP contribution in [0.25, 0.3) is 0 Å². The Morgan fingerprint density at radius 2 is 2.10 bits per heavy atom. The van der Waals surface area contributed by atoms with E-state index >= 15 is 0 Å². The Morgan fingerprint density at radius 1 is 1.35 bits per heavy atom. The molecule has 1 aliphatic rings.